The van der Waals surface area contributed by atoms with E-state index in [0.717, 1.165) is 0 Å². The molecule has 0 aromatic carbocycles. The summed E-state index contributed by atoms with van der Waals surface area (Å²) >= 11 is 1.36. The zero-order valence-corrected chi connectivity index (χ0v) is 11.4. The fraction of sp³-hybridized carbons (Fsp3) is 0.500. The third kappa shape index (κ3) is 4.85. The number of amides is 2. The molecule has 2 N–H and O–H groups in total. The average Bonchev–Trinajstić information content (AvgIpc) is 2.81. The molecule has 0 bridgehead atoms. The van der Waals surface area contributed by atoms with Gasteiger partial charge in [-0.05, 0) is 18.4 Å². The van der Waals surface area contributed by atoms with Crippen molar-refractivity contribution in [1.29, 1.82) is 0 Å². The van der Waals surface area contributed by atoms with Gasteiger partial charge in [-0.3, -0.25) is 9.59 Å². The summed E-state index contributed by atoms with van der Waals surface area (Å²) in [6, 6.07) is 3.54. The number of carbonyl (C=O) groups excluding carboxylic acids is 2. The molecule has 1 heterocycles. The van der Waals surface area contributed by atoms with Crippen LogP contribution in [0.1, 0.15) is 23.0 Å². The van der Waals surface area contributed by atoms with Gasteiger partial charge in [0.05, 0.1) is 11.0 Å². The van der Waals surface area contributed by atoms with Crippen molar-refractivity contribution in [3.8, 4) is 0 Å². The molecule has 0 saturated heterocycles. The lowest BCUT2D eigenvalue weighted by molar-refractivity contribution is -0.130. The fourth-order valence-electron chi connectivity index (χ4n) is 1.47. The normalized spacial score (nSPS) is 11.9. The number of carbonyl (C=O) groups is 2. The van der Waals surface area contributed by atoms with Crippen molar-refractivity contribution < 1.29 is 14.7 Å². The molecule has 0 aliphatic carbocycles. The van der Waals surface area contributed by atoms with Crippen LogP contribution in [0.25, 0.3) is 0 Å². The third-order valence-corrected chi connectivity index (χ3v) is 3.20. The first-order valence-electron chi connectivity index (χ1n) is 5.74. The Labute approximate surface area is 110 Å². The minimum absolute atomic E-state index is 0.0950. The molecule has 1 rings (SSSR count). The smallest absolute Gasteiger partial charge is 0.261 e. The van der Waals surface area contributed by atoms with E-state index in [9.17, 15) is 9.59 Å². The number of rotatable bonds is 6. The van der Waals surface area contributed by atoms with E-state index in [-0.39, 0.29) is 18.2 Å². The molecule has 0 aliphatic rings. The number of hydrogen-bond acceptors (Lipinski definition) is 4. The van der Waals surface area contributed by atoms with Gasteiger partial charge < -0.3 is 15.3 Å². The summed E-state index contributed by atoms with van der Waals surface area (Å²) in [6.45, 7) is 2.24. The van der Waals surface area contributed by atoms with Gasteiger partial charge in [-0.1, -0.05) is 6.07 Å². The molecule has 0 radical (unpaired) electrons. The molecule has 1 atom stereocenters. The van der Waals surface area contributed by atoms with Gasteiger partial charge in [-0.2, -0.15) is 0 Å². The van der Waals surface area contributed by atoms with Gasteiger partial charge in [0.15, 0.2) is 0 Å². The highest BCUT2D eigenvalue weighted by Gasteiger charge is 2.11. The number of thiophene rings is 1. The second-order valence-corrected chi connectivity index (χ2v) is 5.05. The molecule has 0 spiro atoms. The van der Waals surface area contributed by atoms with Gasteiger partial charge in [0, 0.05) is 26.6 Å². The van der Waals surface area contributed by atoms with Gasteiger partial charge >= 0.3 is 0 Å². The van der Waals surface area contributed by atoms with Crippen molar-refractivity contribution in [3.63, 3.8) is 0 Å². The maximum absolute atomic E-state index is 11.6. The van der Waals surface area contributed by atoms with E-state index < -0.39 is 6.10 Å². The standard InChI is InChI=1S/C12H18N2O3S/c1-9(15)8-14(2)11(16)5-6-13-12(17)10-4-3-7-18-10/h3-4,7,9,15H,5-6,8H2,1-2H3,(H,13,17). The highest BCUT2D eigenvalue weighted by Crippen LogP contribution is 2.07. The maximum atomic E-state index is 11.6. The van der Waals surface area contributed by atoms with Crippen LogP contribution in [0.3, 0.4) is 0 Å². The van der Waals surface area contributed by atoms with E-state index in [1.54, 1.807) is 26.1 Å². The summed E-state index contributed by atoms with van der Waals surface area (Å²) in [7, 11) is 1.64. The maximum Gasteiger partial charge on any atom is 0.261 e. The highest BCUT2D eigenvalue weighted by molar-refractivity contribution is 7.12. The van der Waals surface area contributed by atoms with Crippen LogP contribution in [-0.2, 0) is 4.79 Å². The Morgan fingerprint density at radius 1 is 1.56 bits per heavy atom. The van der Waals surface area contributed by atoms with Crippen LogP contribution >= 0.6 is 11.3 Å². The Bertz CT molecular complexity index is 390. The number of hydrogen-bond donors (Lipinski definition) is 2. The zero-order chi connectivity index (χ0) is 13.5. The largest absolute Gasteiger partial charge is 0.392 e. The van der Waals surface area contributed by atoms with Crippen LogP contribution < -0.4 is 5.32 Å². The lowest BCUT2D eigenvalue weighted by Gasteiger charge is -2.18. The van der Waals surface area contributed by atoms with Crippen molar-refractivity contribution >= 4 is 23.2 Å². The van der Waals surface area contributed by atoms with Crippen molar-refractivity contribution in [2.24, 2.45) is 0 Å². The van der Waals surface area contributed by atoms with Gasteiger partial charge in [-0.25, -0.2) is 0 Å². The molecule has 18 heavy (non-hydrogen) atoms. The monoisotopic (exact) mass is 270 g/mol. The predicted molar refractivity (Wildman–Crippen MR) is 70.6 cm³/mol. The Morgan fingerprint density at radius 3 is 2.83 bits per heavy atom. The number of aliphatic hydroxyl groups excluding tert-OH is 1. The van der Waals surface area contributed by atoms with E-state index in [1.165, 1.54) is 16.2 Å². The van der Waals surface area contributed by atoms with Crippen LogP contribution in [-0.4, -0.2) is 48.1 Å². The first kappa shape index (κ1) is 14.7. The van der Waals surface area contributed by atoms with E-state index >= 15 is 0 Å². The summed E-state index contributed by atoms with van der Waals surface area (Å²) < 4.78 is 0. The van der Waals surface area contributed by atoms with Crippen LogP contribution in [0, 0.1) is 0 Å². The van der Waals surface area contributed by atoms with E-state index in [0.29, 0.717) is 18.0 Å². The SMILES string of the molecule is CC(O)CN(C)C(=O)CCNC(=O)c1cccs1. The average molecular weight is 270 g/mol. The van der Waals surface area contributed by atoms with Crippen molar-refractivity contribution in [2.45, 2.75) is 19.4 Å². The molecule has 0 saturated carbocycles. The fourth-order valence-corrected chi connectivity index (χ4v) is 2.11. The molecule has 0 fully saturated rings. The van der Waals surface area contributed by atoms with Crippen molar-refractivity contribution in [2.75, 3.05) is 20.1 Å². The molecule has 1 unspecified atom stereocenters. The minimum Gasteiger partial charge on any atom is -0.392 e. The summed E-state index contributed by atoms with van der Waals surface area (Å²) in [4.78, 5) is 25.3. The van der Waals surface area contributed by atoms with Gasteiger partial charge in [0.2, 0.25) is 5.91 Å². The van der Waals surface area contributed by atoms with Crippen molar-refractivity contribution in [1.82, 2.24) is 10.2 Å². The highest BCUT2D eigenvalue weighted by atomic mass is 32.1. The first-order chi connectivity index (χ1) is 8.50. The van der Waals surface area contributed by atoms with Crippen LogP contribution in [0.15, 0.2) is 17.5 Å². The van der Waals surface area contributed by atoms with Crippen LogP contribution in [0.5, 0.6) is 0 Å². The molecule has 100 valence electrons. The zero-order valence-electron chi connectivity index (χ0n) is 10.5. The molecular weight excluding hydrogens is 252 g/mol. The lowest BCUT2D eigenvalue weighted by Crippen LogP contribution is -2.35. The van der Waals surface area contributed by atoms with E-state index in [4.69, 9.17) is 5.11 Å². The Kier molecular flexibility index (Phi) is 5.80. The quantitative estimate of drug-likeness (QED) is 0.799. The summed E-state index contributed by atoms with van der Waals surface area (Å²) in [5, 5.41) is 13.7. The molecule has 1 aromatic heterocycles. The number of nitrogens with zero attached hydrogens (tertiary/aromatic N) is 1. The number of aliphatic hydroxyl groups is 1. The third-order valence-electron chi connectivity index (χ3n) is 2.33. The summed E-state index contributed by atoms with van der Waals surface area (Å²) in [6.07, 6.45) is -0.306. The first-order valence-corrected chi connectivity index (χ1v) is 6.62. The number of likely N-dealkylation sites (N-methyl/N-ethyl adjacent to an activating group) is 1. The van der Waals surface area contributed by atoms with Crippen LogP contribution in [0.4, 0.5) is 0 Å². The molecule has 6 heteroatoms. The summed E-state index contributed by atoms with van der Waals surface area (Å²) in [5.41, 5.74) is 0. The van der Waals surface area contributed by atoms with Gasteiger partial charge in [-0.15, -0.1) is 11.3 Å². The lowest BCUT2D eigenvalue weighted by atomic mass is 10.3. The van der Waals surface area contributed by atoms with Crippen molar-refractivity contribution in [3.05, 3.63) is 22.4 Å². The Balaban J connectivity index is 2.25. The topological polar surface area (TPSA) is 69.6 Å². The Hall–Kier alpha value is -1.40. The minimum atomic E-state index is -0.542. The second kappa shape index (κ2) is 7.13. The molecular formula is C12H18N2O3S. The van der Waals surface area contributed by atoms with E-state index in [2.05, 4.69) is 5.32 Å². The second-order valence-electron chi connectivity index (χ2n) is 4.11. The molecule has 5 nitrogen and oxygen atoms in total. The summed E-state index contributed by atoms with van der Waals surface area (Å²) in [5.74, 6) is -0.252. The van der Waals surface area contributed by atoms with Crippen LogP contribution in [0.2, 0.25) is 0 Å². The molecule has 0 aliphatic heterocycles. The van der Waals surface area contributed by atoms with Gasteiger partial charge in [0.1, 0.15) is 0 Å². The molecule has 2 amide bonds. The number of nitrogens with one attached hydrogen (secondary N) is 1. The van der Waals surface area contributed by atoms with Gasteiger partial charge in [0.25, 0.3) is 5.91 Å². The Morgan fingerprint density at radius 2 is 2.28 bits per heavy atom. The predicted octanol–water partition coefficient (Wildman–Crippen LogP) is 0.707. The van der Waals surface area contributed by atoms with E-state index in [1.807, 2.05) is 5.38 Å². The molecule has 1 aromatic rings.